The zero-order valence-electron chi connectivity index (χ0n) is 9.57. The lowest BCUT2D eigenvalue weighted by atomic mass is 10.1. The molecular weight excluding hydrogens is 312 g/mol. The van der Waals surface area contributed by atoms with Gasteiger partial charge in [0.25, 0.3) is 0 Å². The van der Waals surface area contributed by atoms with Gasteiger partial charge in [-0.15, -0.1) is 11.3 Å². The van der Waals surface area contributed by atoms with Crippen LogP contribution in [0.15, 0.2) is 43.9 Å². The van der Waals surface area contributed by atoms with Crippen LogP contribution in [0.2, 0.25) is 0 Å². The van der Waals surface area contributed by atoms with Gasteiger partial charge in [-0.2, -0.15) is 0 Å². The fourth-order valence-electron chi connectivity index (χ4n) is 1.89. The first-order chi connectivity index (χ1) is 8.65. The lowest BCUT2D eigenvalue weighted by molar-refractivity contribution is 0.101. The molecule has 2 heterocycles. The maximum absolute atomic E-state index is 12.2. The molecule has 0 aliphatic heterocycles. The molecule has 0 aliphatic carbocycles. The maximum atomic E-state index is 12.2. The Bertz CT molecular complexity index is 739. The van der Waals surface area contributed by atoms with Gasteiger partial charge in [0, 0.05) is 16.3 Å². The van der Waals surface area contributed by atoms with E-state index in [0.717, 1.165) is 20.3 Å². The van der Waals surface area contributed by atoms with Gasteiger partial charge >= 0.3 is 0 Å². The summed E-state index contributed by atoms with van der Waals surface area (Å²) in [6.07, 6.45) is 0. The van der Waals surface area contributed by atoms with Crippen LogP contribution in [0.4, 0.5) is 0 Å². The van der Waals surface area contributed by atoms with Gasteiger partial charge < -0.3 is 4.42 Å². The van der Waals surface area contributed by atoms with E-state index in [9.17, 15) is 4.79 Å². The standard InChI is InChI=1S/C14H9BrO2S/c1-8-3-2-4-9-5-11(17-14(8)9)13(16)10-6-12(15)18-7-10/h2-7H,1H3. The highest BCUT2D eigenvalue weighted by Crippen LogP contribution is 2.27. The number of aryl methyl sites for hydroxylation is 1. The number of thiophene rings is 1. The summed E-state index contributed by atoms with van der Waals surface area (Å²) in [5.41, 5.74) is 2.48. The molecule has 18 heavy (non-hydrogen) atoms. The number of rotatable bonds is 2. The summed E-state index contributed by atoms with van der Waals surface area (Å²) >= 11 is 4.85. The first-order valence-corrected chi connectivity index (χ1v) is 7.10. The van der Waals surface area contributed by atoms with Crippen molar-refractivity contribution >= 4 is 44.0 Å². The van der Waals surface area contributed by atoms with E-state index < -0.39 is 0 Å². The summed E-state index contributed by atoms with van der Waals surface area (Å²) in [4.78, 5) is 12.2. The molecule has 0 bridgehead atoms. The molecule has 2 nitrogen and oxygen atoms in total. The Morgan fingerprint density at radius 1 is 1.33 bits per heavy atom. The van der Waals surface area contributed by atoms with E-state index >= 15 is 0 Å². The van der Waals surface area contributed by atoms with E-state index in [0.29, 0.717) is 11.3 Å². The van der Waals surface area contributed by atoms with Gasteiger partial charge in [0.2, 0.25) is 5.78 Å². The molecule has 2 aromatic heterocycles. The molecule has 0 N–H and O–H groups in total. The van der Waals surface area contributed by atoms with E-state index in [1.165, 1.54) is 11.3 Å². The zero-order chi connectivity index (χ0) is 12.7. The molecule has 4 heteroatoms. The lowest BCUT2D eigenvalue weighted by Gasteiger charge is -1.93. The van der Waals surface area contributed by atoms with Crippen LogP contribution in [0.5, 0.6) is 0 Å². The average molecular weight is 321 g/mol. The third kappa shape index (κ3) is 1.91. The zero-order valence-corrected chi connectivity index (χ0v) is 12.0. The number of hydrogen-bond donors (Lipinski definition) is 0. The van der Waals surface area contributed by atoms with Crippen molar-refractivity contribution in [3.05, 3.63) is 56.4 Å². The molecular formula is C14H9BrO2S. The van der Waals surface area contributed by atoms with Crippen molar-refractivity contribution in [2.24, 2.45) is 0 Å². The minimum Gasteiger partial charge on any atom is -0.452 e. The third-order valence-corrected chi connectivity index (χ3v) is 4.30. The van der Waals surface area contributed by atoms with Gasteiger partial charge in [-0.05, 0) is 40.5 Å². The smallest absolute Gasteiger partial charge is 0.229 e. The van der Waals surface area contributed by atoms with Crippen LogP contribution in [0.1, 0.15) is 21.7 Å². The minimum absolute atomic E-state index is 0.0763. The Morgan fingerprint density at radius 2 is 2.17 bits per heavy atom. The predicted molar refractivity (Wildman–Crippen MR) is 76.4 cm³/mol. The van der Waals surface area contributed by atoms with Crippen molar-refractivity contribution in [1.29, 1.82) is 0 Å². The van der Waals surface area contributed by atoms with Crippen molar-refractivity contribution in [3.8, 4) is 0 Å². The molecule has 0 atom stereocenters. The summed E-state index contributed by atoms with van der Waals surface area (Å²) < 4.78 is 6.61. The van der Waals surface area contributed by atoms with Crippen molar-refractivity contribution in [1.82, 2.24) is 0 Å². The Labute approximate surface area is 116 Å². The van der Waals surface area contributed by atoms with Crippen molar-refractivity contribution in [2.75, 3.05) is 0 Å². The van der Waals surface area contributed by atoms with Crippen LogP contribution >= 0.6 is 27.3 Å². The van der Waals surface area contributed by atoms with Gasteiger partial charge in [0.15, 0.2) is 5.76 Å². The normalized spacial score (nSPS) is 11.0. The molecule has 0 amide bonds. The van der Waals surface area contributed by atoms with Crippen LogP contribution in [0.3, 0.4) is 0 Å². The Morgan fingerprint density at radius 3 is 2.83 bits per heavy atom. The lowest BCUT2D eigenvalue weighted by Crippen LogP contribution is -1.96. The van der Waals surface area contributed by atoms with Gasteiger partial charge in [-0.25, -0.2) is 0 Å². The molecule has 1 aromatic carbocycles. The quantitative estimate of drug-likeness (QED) is 0.635. The Balaban J connectivity index is 2.10. The second-order valence-electron chi connectivity index (χ2n) is 4.07. The average Bonchev–Trinajstić information content (AvgIpc) is 2.95. The van der Waals surface area contributed by atoms with E-state index in [2.05, 4.69) is 15.9 Å². The number of halogens is 1. The highest BCUT2D eigenvalue weighted by molar-refractivity contribution is 9.11. The fourth-order valence-corrected chi connectivity index (χ4v) is 3.03. The molecule has 0 saturated carbocycles. The largest absolute Gasteiger partial charge is 0.452 e. The van der Waals surface area contributed by atoms with E-state index in [4.69, 9.17) is 4.42 Å². The summed E-state index contributed by atoms with van der Waals surface area (Å²) in [5, 5.41) is 2.79. The maximum Gasteiger partial charge on any atom is 0.229 e. The van der Waals surface area contributed by atoms with Crippen LogP contribution in [0, 0.1) is 6.92 Å². The number of carbonyl (C=O) groups excluding carboxylic acids is 1. The topological polar surface area (TPSA) is 30.2 Å². The number of carbonyl (C=O) groups is 1. The number of para-hydroxylation sites is 1. The second-order valence-corrected chi connectivity index (χ2v) is 6.36. The molecule has 3 rings (SSSR count). The molecule has 0 radical (unpaired) electrons. The number of furan rings is 1. The Hall–Kier alpha value is -1.39. The molecule has 0 fully saturated rings. The van der Waals surface area contributed by atoms with Crippen molar-refractivity contribution in [2.45, 2.75) is 6.92 Å². The number of ketones is 1. The SMILES string of the molecule is Cc1cccc2cc(C(=O)c3csc(Br)c3)oc12. The number of hydrogen-bond acceptors (Lipinski definition) is 3. The van der Waals surface area contributed by atoms with Gasteiger partial charge in [0.1, 0.15) is 5.58 Å². The highest BCUT2D eigenvalue weighted by Gasteiger charge is 2.16. The van der Waals surface area contributed by atoms with E-state index in [-0.39, 0.29) is 5.78 Å². The first-order valence-electron chi connectivity index (χ1n) is 5.43. The monoisotopic (exact) mass is 320 g/mol. The molecule has 90 valence electrons. The Kier molecular flexibility index (Phi) is 2.84. The summed E-state index contributed by atoms with van der Waals surface area (Å²) in [6.45, 7) is 1.97. The van der Waals surface area contributed by atoms with Crippen molar-refractivity contribution in [3.63, 3.8) is 0 Å². The molecule has 0 spiro atoms. The minimum atomic E-state index is -0.0763. The number of fused-ring (bicyclic) bond motifs is 1. The molecule has 0 unspecified atom stereocenters. The van der Waals surface area contributed by atoms with Gasteiger partial charge in [-0.3, -0.25) is 4.79 Å². The van der Waals surface area contributed by atoms with E-state index in [1.54, 1.807) is 6.07 Å². The van der Waals surface area contributed by atoms with Gasteiger partial charge in [-0.1, -0.05) is 18.2 Å². The fraction of sp³-hybridized carbons (Fsp3) is 0.0714. The van der Waals surface area contributed by atoms with Crippen LogP contribution < -0.4 is 0 Å². The van der Waals surface area contributed by atoms with Crippen LogP contribution in [-0.2, 0) is 0 Å². The van der Waals surface area contributed by atoms with E-state index in [1.807, 2.05) is 36.6 Å². The predicted octanol–water partition coefficient (Wildman–Crippen LogP) is 4.80. The number of benzene rings is 1. The molecule has 0 saturated heterocycles. The third-order valence-electron chi connectivity index (χ3n) is 2.79. The molecule has 0 aliphatic rings. The van der Waals surface area contributed by atoms with Crippen LogP contribution in [0.25, 0.3) is 11.0 Å². The molecule has 3 aromatic rings. The van der Waals surface area contributed by atoms with Crippen molar-refractivity contribution < 1.29 is 9.21 Å². The first kappa shape index (κ1) is 11.7. The second kappa shape index (κ2) is 4.37. The summed E-state index contributed by atoms with van der Waals surface area (Å²) in [5.74, 6) is 0.317. The van der Waals surface area contributed by atoms with Crippen LogP contribution in [-0.4, -0.2) is 5.78 Å². The summed E-state index contributed by atoms with van der Waals surface area (Å²) in [6, 6.07) is 9.50. The van der Waals surface area contributed by atoms with Gasteiger partial charge in [0.05, 0.1) is 3.79 Å². The summed E-state index contributed by atoms with van der Waals surface area (Å²) in [7, 11) is 0. The highest BCUT2D eigenvalue weighted by atomic mass is 79.9.